The second-order valence-electron chi connectivity index (χ2n) is 8.79. The van der Waals surface area contributed by atoms with Crippen LogP contribution in [0, 0.1) is 12.8 Å². The molecule has 2 aromatic carbocycles. The molecule has 8 heteroatoms. The highest BCUT2D eigenvalue weighted by atomic mass is 32.2. The number of amides is 1. The number of fused-ring (bicyclic) bond motifs is 1. The number of hydrogen-bond acceptors (Lipinski definition) is 5. The van der Waals surface area contributed by atoms with Gasteiger partial charge >= 0.3 is 0 Å². The molecule has 33 heavy (non-hydrogen) atoms. The zero-order valence-corrected chi connectivity index (χ0v) is 19.3. The molecule has 172 valence electrons. The standard InChI is InChI=1S/C25H26N2O5S/c1-17-10-12-20(13-11-17)33(29,30)26-23(22-9-6-14-31-22)21-15-19-16-32-25(2,27(19)24(21)28)18-7-4-3-5-8-18/h3-14,19,21,23,26H,15-16H2,1-2H3/t19-,21-,23+,25+/m0/s1. The van der Waals surface area contributed by atoms with Crippen LogP contribution in [0.15, 0.2) is 82.3 Å². The van der Waals surface area contributed by atoms with Gasteiger partial charge in [0, 0.05) is 5.56 Å². The summed E-state index contributed by atoms with van der Waals surface area (Å²) in [7, 11) is -3.88. The minimum Gasteiger partial charge on any atom is -0.468 e. The maximum atomic E-state index is 13.7. The molecule has 3 aromatic rings. The molecule has 0 aliphatic carbocycles. The number of ether oxygens (including phenoxy) is 1. The van der Waals surface area contributed by atoms with E-state index in [1.807, 2.05) is 44.2 Å². The van der Waals surface area contributed by atoms with E-state index in [1.165, 1.54) is 6.26 Å². The smallest absolute Gasteiger partial charge is 0.241 e. The van der Waals surface area contributed by atoms with Crippen LogP contribution in [0.3, 0.4) is 0 Å². The fourth-order valence-electron chi connectivity index (χ4n) is 4.90. The Kier molecular flexibility index (Phi) is 5.39. The number of nitrogens with one attached hydrogen (secondary N) is 1. The predicted octanol–water partition coefficient (Wildman–Crippen LogP) is 3.73. The van der Waals surface area contributed by atoms with Crippen LogP contribution in [0.1, 0.15) is 36.3 Å². The Bertz CT molecular complexity index is 1240. The van der Waals surface area contributed by atoms with Gasteiger partial charge in [0.15, 0.2) is 5.72 Å². The highest BCUT2D eigenvalue weighted by Gasteiger charge is 2.57. The lowest BCUT2D eigenvalue weighted by atomic mass is 9.95. The van der Waals surface area contributed by atoms with Crippen LogP contribution >= 0.6 is 0 Å². The lowest BCUT2D eigenvalue weighted by Gasteiger charge is -2.34. The Morgan fingerprint density at radius 1 is 1.06 bits per heavy atom. The molecule has 1 amide bonds. The van der Waals surface area contributed by atoms with E-state index in [4.69, 9.17) is 9.15 Å². The number of hydrogen-bond donors (Lipinski definition) is 1. The van der Waals surface area contributed by atoms with Crippen LogP contribution in [-0.4, -0.2) is 31.9 Å². The van der Waals surface area contributed by atoms with Gasteiger partial charge in [0.2, 0.25) is 15.9 Å². The average Bonchev–Trinajstić information content (AvgIpc) is 3.53. The highest BCUT2D eigenvalue weighted by molar-refractivity contribution is 7.89. The number of benzene rings is 2. The van der Waals surface area contributed by atoms with Crippen LogP contribution in [0.25, 0.3) is 0 Å². The molecular formula is C25H26N2O5S. The molecule has 2 aliphatic rings. The average molecular weight is 467 g/mol. The molecular weight excluding hydrogens is 440 g/mol. The van der Waals surface area contributed by atoms with Gasteiger partial charge in [-0.05, 0) is 44.5 Å². The first-order valence-corrected chi connectivity index (χ1v) is 12.4. The van der Waals surface area contributed by atoms with E-state index in [0.29, 0.717) is 18.8 Å². The van der Waals surface area contributed by atoms with E-state index in [1.54, 1.807) is 41.3 Å². The number of aryl methyl sites for hydroxylation is 1. The molecule has 0 radical (unpaired) electrons. The van der Waals surface area contributed by atoms with Gasteiger partial charge in [0.1, 0.15) is 5.76 Å². The molecule has 2 fully saturated rings. The van der Waals surface area contributed by atoms with Gasteiger partial charge in [0.25, 0.3) is 0 Å². The van der Waals surface area contributed by atoms with Crippen molar-refractivity contribution in [3.05, 3.63) is 89.9 Å². The maximum Gasteiger partial charge on any atom is 0.241 e. The normalized spacial score (nSPS) is 25.9. The summed E-state index contributed by atoms with van der Waals surface area (Å²) in [6.07, 6.45) is 1.95. The van der Waals surface area contributed by atoms with Gasteiger partial charge in [-0.15, -0.1) is 0 Å². The lowest BCUT2D eigenvalue weighted by Crippen LogP contribution is -2.46. The van der Waals surface area contributed by atoms with Crippen molar-refractivity contribution in [1.82, 2.24) is 9.62 Å². The first kappa shape index (κ1) is 21.9. The summed E-state index contributed by atoms with van der Waals surface area (Å²) in [6.45, 7) is 4.18. The Hall–Kier alpha value is -2.94. The van der Waals surface area contributed by atoms with E-state index >= 15 is 0 Å². The third-order valence-corrected chi connectivity index (χ3v) is 8.09. The van der Waals surface area contributed by atoms with Crippen molar-refractivity contribution in [2.24, 2.45) is 5.92 Å². The van der Waals surface area contributed by atoms with Crippen molar-refractivity contribution in [1.29, 1.82) is 0 Å². The van der Waals surface area contributed by atoms with Crippen LogP contribution in [-0.2, 0) is 25.3 Å². The van der Waals surface area contributed by atoms with E-state index in [9.17, 15) is 13.2 Å². The van der Waals surface area contributed by atoms with Gasteiger partial charge < -0.3 is 14.1 Å². The lowest BCUT2D eigenvalue weighted by molar-refractivity contribution is -0.149. The molecule has 0 saturated carbocycles. The Balaban J connectivity index is 1.48. The molecule has 2 aliphatic heterocycles. The predicted molar refractivity (Wildman–Crippen MR) is 121 cm³/mol. The minimum atomic E-state index is -3.88. The first-order chi connectivity index (χ1) is 15.8. The monoisotopic (exact) mass is 466 g/mol. The molecule has 0 unspecified atom stereocenters. The topological polar surface area (TPSA) is 88.8 Å². The van der Waals surface area contributed by atoms with Crippen LogP contribution in [0.2, 0.25) is 0 Å². The third-order valence-electron chi connectivity index (χ3n) is 6.64. The number of carbonyl (C=O) groups excluding carboxylic acids is 1. The molecule has 4 atom stereocenters. The molecule has 1 N–H and O–H groups in total. The fraction of sp³-hybridized carbons (Fsp3) is 0.320. The highest BCUT2D eigenvalue weighted by Crippen LogP contribution is 2.47. The van der Waals surface area contributed by atoms with Crippen LogP contribution in [0.4, 0.5) is 0 Å². The minimum absolute atomic E-state index is 0.144. The Morgan fingerprint density at radius 3 is 2.45 bits per heavy atom. The Labute approximate surface area is 193 Å². The molecule has 0 bridgehead atoms. The fourth-order valence-corrected chi connectivity index (χ4v) is 6.14. The van der Waals surface area contributed by atoms with E-state index in [2.05, 4.69) is 4.72 Å². The number of rotatable bonds is 6. The molecule has 7 nitrogen and oxygen atoms in total. The first-order valence-electron chi connectivity index (χ1n) is 10.9. The maximum absolute atomic E-state index is 13.7. The third kappa shape index (κ3) is 3.78. The van der Waals surface area contributed by atoms with E-state index < -0.39 is 27.7 Å². The summed E-state index contributed by atoms with van der Waals surface area (Å²) in [5.41, 5.74) is 0.945. The van der Waals surface area contributed by atoms with Gasteiger partial charge in [-0.3, -0.25) is 4.79 Å². The number of furan rings is 1. The summed E-state index contributed by atoms with van der Waals surface area (Å²) < 4.78 is 40.9. The van der Waals surface area contributed by atoms with Gasteiger partial charge in [-0.2, -0.15) is 4.72 Å². The molecule has 3 heterocycles. The second-order valence-corrected chi connectivity index (χ2v) is 10.5. The van der Waals surface area contributed by atoms with Crippen molar-refractivity contribution < 1.29 is 22.4 Å². The zero-order chi connectivity index (χ0) is 23.2. The van der Waals surface area contributed by atoms with E-state index in [-0.39, 0.29) is 16.8 Å². The molecule has 0 spiro atoms. The Morgan fingerprint density at radius 2 is 1.79 bits per heavy atom. The number of carbonyl (C=O) groups is 1. The van der Waals surface area contributed by atoms with Gasteiger partial charge in [-0.1, -0.05) is 48.0 Å². The summed E-state index contributed by atoms with van der Waals surface area (Å²) in [4.78, 5) is 15.7. The quantitative estimate of drug-likeness (QED) is 0.598. The van der Waals surface area contributed by atoms with E-state index in [0.717, 1.165) is 11.1 Å². The van der Waals surface area contributed by atoms with Gasteiger partial charge in [0.05, 0.1) is 35.8 Å². The largest absolute Gasteiger partial charge is 0.468 e. The molecule has 2 saturated heterocycles. The van der Waals surface area contributed by atoms with Crippen LogP contribution in [0.5, 0.6) is 0 Å². The number of sulfonamides is 1. The van der Waals surface area contributed by atoms with Crippen LogP contribution < -0.4 is 4.72 Å². The zero-order valence-electron chi connectivity index (χ0n) is 18.5. The number of nitrogens with zero attached hydrogens (tertiary/aromatic N) is 1. The SMILES string of the molecule is Cc1ccc(S(=O)(=O)N[C@@H](c2ccco2)[C@@H]2C[C@H]3CO[C@](C)(c4ccccc4)N3C2=O)cc1. The van der Waals surface area contributed by atoms with Crippen molar-refractivity contribution in [2.75, 3.05) is 6.61 Å². The summed E-state index contributed by atoms with van der Waals surface area (Å²) in [5, 5.41) is 0. The summed E-state index contributed by atoms with van der Waals surface area (Å²) >= 11 is 0. The molecule has 5 rings (SSSR count). The van der Waals surface area contributed by atoms with Crippen molar-refractivity contribution in [3.63, 3.8) is 0 Å². The summed E-state index contributed by atoms with van der Waals surface area (Å²) in [5.74, 6) is -0.363. The summed E-state index contributed by atoms with van der Waals surface area (Å²) in [6, 6.07) is 18.7. The van der Waals surface area contributed by atoms with Crippen molar-refractivity contribution >= 4 is 15.9 Å². The van der Waals surface area contributed by atoms with Crippen molar-refractivity contribution in [2.45, 2.75) is 43.0 Å². The van der Waals surface area contributed by atoms with Crippen molar-refractivity contribution in [3.8, 4) is 0 Å². The second kappa shape index (κ2) is 8.13. The molecule has 1 aromatic heterocycles. The van der Waals surface area contributed by atoms with Gasteiger partial charge in [-0.25, -0.2) is 8.42 Å².